The van der Waals surface area contributed by atoms with E-state index in [1.165, 1.54) is 0 Å². The fourth-order valence-electron chi connectivity index (χ4n) is 0.724. The number of nitrogens with zero attached hydrogens (tertiary/aromatic N) is 4. The summed E-state index contributed by atoms with van der Waals surface area (Å²) in [6, 6.07) is 0. The molecule has 0 fully saturated rings. The Bertz CT molecular complexity index is 355. The lowest BCUT2D eigenvalue weighted by atomic mass is 10.7. The second-order valence-electron chi connectivity index (χ2n) is 1.77. The maximum atomic E-state index is 5.63. The molecular formula is C5H3ClN4. The quantitative estimate of drug-likeness (QED) is 0.563. The fraction of sp³-hybridized carbons (Fsp3) is 0. The van der Waals surface area contributed by atoms with E-state index in [0.29, 0.717) is 10.9 Å². The molecule has 0 unspecified atom stereocenters. The lowest BCUT2D eigenvalue weighted by molar-refractivity contribution is 1.10. The normalized spacial score (nSPS) is 10.5. The highest BCUT2D eigenvalue weighted by Crippen LogP contribution is 2.04. The molecule has 5 heteroatoms. The van der Waals surface area contributed by atoms with Crippen LogP contribution in [0.1, 0.15) is 0 Å². The summed E-state index contributed by atoms with van der Waals surface area (Å²) in [4.78, 5) is 3.84. The van der Waals surface area contributed by atoms with Gasteiger partial charge in [0.2, 0.25) is 5.28 Å². The third-order valence-electron chi connectivity index (χ3n) is 1.17. The van der Waals surface area contributed by atoms with Crippen molar-refractivity contribution in [1.82, 2.24) is 19.6 Å². The highest BCUT2D eigenvalue weighted by atomic mass is 35.5. The molecule has 2 heterocycles. The van der Waals surface area contributed by atoms with Gasteiger partial charge in [0, 0.05) is 12.4 Å². The van der Waals surface area contributed by atoms with Crippen LogP contribution < -0.4 is 0 Å². The van der Waals surface area contributed by atoms with Crippen LogP contribution in [0.25, 0.3) is 5.65 Å². The van der Waals surface area contributed by atoms with Crippen LogP contribution in [0.2, 0.25) is 5.28 Å². The number of hydrogen-bond donors (Lipinski definition) is 0. The smallest absolute Gasteiger partial charge is 0.229 e. The molecule has 0 saturated carbocycles. The van der Waals surface area contributed by atoms with Crippen molar-refractivity contribution in [3.05, 3.63) is 23.9 Å². The summed E-state index contributed by atoms with van der Waals surface area (Å²) in [5.41, 5.74) is 0.660. The molecular weight excluding hydrogens is 152 g/mol. The molecule has 0 aliphatic rings. The third kappa shape index (κ3) is 0.657. The van der Waals surface area contributed by atoms with E-state index in [1.54, 1.807) is 23.0 Å². The zero-order valence-electron chi connectivity index (χ0n) is 4.90. The van der Waals surface area contributed by atoms with E-state index in [0.717, 1.165) is 0 Å². The van der Waals surface area contributed by atoms with Crippen LogP contribution >= 0.6 is 11.6 Å². The van der Waals surface area contributed by atoms with Crippen LogP contribution in [-0.4, -0.2) is 19.6 Å². The zero-order valence-corrected chi connectivity index (χ0v) is 5.65. The Hall–Kier alpha value is -1.16. The van der Waals surface area contributed by atoms with Gasteiger partial charge in [0.05, 0.1) is 6.20 Å². The van der Waals surface area contributed by atoms with Crippen molar-refractivity contribution < 1.29 is 0 Å². The number of hydrogen-bond acceptors (Lipinski definition) is 3. The molecule has 0 amide bonds. The minimum Gasteiger partial charge on any atom is -0.270 e. The average molecular weight is 155 g/mol. The van der Waals surface area contributed by atoms with Crippen molar-refractivity contribution in [3.63, 3.8) is 0 Å². The van der Waals surface area contributed by atoms with Crippen LogP contribution in [0.3, 0.4) is 0 Å². The van der Waals surface area contributed by atoms with E-state index < -0.39 is 0 Å². The topological polar surface area (TPSA) is 43.1 Å². The first kappa shape index (κ1) is 5.61. The molecule has 2 rings (SSSR count). The van der Waals surface area contributed by atoms with Gasteiger partial charge in [0.25, 0.3) is 0 Å². The number of aromatic nitrogens is 4. The lowest BCUT2D eigenvalue weighted by Crippen LogP contribution is -1.83. The van der Waals surface area contributed by atoms with E-state index in [2.05, 4.69) is 15.2 Å². The van der Waals surface area contributed by atoms with Crippen molar-refractivity contribution in [2.75, 3.05) is 0 Å². The molecule has 0 saturated heterocycles. The van der Waals surface area contributed by atoms with E-state index >= 15 is 0 Å². The second kappa shape index (κ2) is 1.91. The lowest BCUT2D eigenvalue weighted by Gasteiger charge is -1.87. The summed E-state index contributed by atoms with van der Waals surface area (Å²) in [6.45, 7) is 0. The summed E-state index contributed by atoms with van der Waals surface area (Å²) in [7, 11) is 0. The van der Waals surface area contributed by atoms with Gasteiger partial charge < -0.3 is 0 Å². The maximum Gasteiger partial charge on any atom is 0.229 e. The number of rotatable bonds is 0. The molecule has 10 heavy (non-hydrogen) atoms. The SMILES string of the molecule is Clc1nnc2cnccn12. The fourth-order valence-corrected chi connectivity index (χ4v) is 0.905. The Balaban J connectivity index is 2.93. The molecule has 50 valence electrons. The van der Waals surface area contributed by atoms with Crippen molar-refractivity contribution in [2.45, 2.75) is 0 Å². The molecule has 2 aromatic heterocycles. The van der Waals surface area contributed by atoms with Gasteiger partial charge in [-0.25, -0.2) is 0 Å². The van der Waals surface area contributed by atoms with Gasteiger partial charge >= 0.3 is 0 Å². The predicted molar refractivity (Wildman–Crippen MR) is 35.8 cm³/mol. The molecule has 0 N–H and O–H groups in total. The third-order valence-corrected chi connectivity index (χ3v) is 1.43. The van der Waals surface area contributed by atoms with E-state index in [1.807, 2.05) is 0 Å². The van der Waals surface area contributed by atoms with Gasteiger partial charge in [-0.05, 0) is 11.6 Å². The molecule has 0 spiro atoms. The van der Waals surface area contributed by atoms with Gasteiger partial charge in [0.15, 0.2) is 5.65 Å². The largest absolute Gasteiger partial charge is 0.270 e. The van der Waals surface area contributed by atoms with Crippen molar-refractivity contribution in [1.29, 1.82) is 0 Å². The summed E-state index contributed by atoms with van der Waals surface area (Å²) >= 11 is 5.63. The minimum absolute atomic E-state index is 0.359. The van der Waals surface area contributed by atoms with Crippen molar-refractivity contribution >= 4 is 17.2 Å². The summed E-state index contributed by atoms with van der Waals surface area (Å²) in [6.07, 6.45) is 4.93. The van der Waals surface area contributed by atoms with Gasteiger partial charge in [0.1, 0.15) is 0 Å². The van der Waals surface area contributed by atoms with Gasteiger partial charge in [-0.2, -0.15) is 0 Å². The van der Waals surface area contributed by atoms with E-state index in [4.69, 9.17) is 11.6 Å². The number of halogens is 1. The highest BCUT2D eigenvalue weighted by molar-refractivity contribution is 6.28. The van der Waals surface area contributed by atoms with E-state index in [-0.39, 0.29) is 0 Å². The molecule has 4 nitrogen and oxygen atoms in total. The van der Waals surface area contributed by atoms with Gasteiger partial charge in [-0.15, -0.1) is 10.2 Å². The highest BCUT2D eigenvalue weighted by Gasteiger charge is 1.98. The van der Waals surface area contributed by atoms with Crippen molar-refractivity contribution in [3.8, 4) is 0 Å². The van der Waals surface area contributed by atoms with Crippen LogP contribution in [0.4, 0.5) is 0 Å². The molecule has 0 aliphatic heterocycles. The van der Waals surface area contributed by atoms with E-state index in [9.17, 15) is 0 Å². The average Bonchev–Trinajstić information content (AvgIpc) is 2.34. The first-order valence-corrected chi connectivity index (χ1v) is 3.06. The Morgan fingerprint density at radius 2 is 2.30 bits per heavy atom. The van der Waals surface area contributed by atoms with Crippen LogP contribution in [0.15, 0.2) is 18.6 Å². The molecule has 0 bridgehead atoms. The van der Waals surface area contributed by atoms with Gasteiger partial charge in [-0.3, -0.25) is 9.38 Å². The molecule has 0 radical (unpaired) electrons. The Kier molecular flexibility index (Phi) is 1.07. The first-order chi connectivity index (χ1) is 4.88. The molecule has 0 aliphatic carbocycles. The van der Waals surface area contributed by atoms with Crippen molar-refractivity contribution in [2.24, 2.45) is 0 Å². The Labute approximate surface area is 61.5 Å². The van der Waals surface area contributed by atoms with Crippen LogP contribution in [-0.2, 0) is 0 Å². The van der Waals surface area contributed by atoms with Crippen LogP contribution in [0.5, 0.6) is 0 Å². The minimum atomic E-state index is 0.359. The first-order valence-electron chi connectivity index (χ1n) is 2.68. The maximum absolute atomic E-state index is 5.63. The number of fused-ring (bicyclic) bond motifs is 1. The van der Waals surface area contributed by atoms with Crippen LogP contribution in [0, 0.1) is 0 Å². The molecule has 0 atom stereocenters. The standard InChI is InChI=1S/C5H3ClN4/c6-5-9-8-4-3-7-1-2-10(4)5/h1-3H. The predicted octanol–water partition coefficient (Wildman–Crippen LogP) is 0.778. The summed E-state index contributed by atoms with van der Waals surface area (Å²) in [5, 5.41) is 7.73. The second-order valence-corrected chi connectivity index (χ2v) is 2.11. The Morgan fingerprint density at radius 3 is 3.10 bits per heavy atom. The zero-order chi connectivity index (χ0) is 6.97. The summed E-state index contributed by atoms with van der Waals surface area (Å²) < 4.78 is 1.65. The molecule has 0 aromatic carbocycles. The summed E-state index contributed by atoms with van der Waals surface area (Å²) in [5.74, 6) is 0. The molecule has 2 aromatic rings. The van der Waals surface area contributed by atoms with Gasteiger partial charge in [-0.1, -0.05) is 0 Å². The Morgan fingerprint density at radius 1 is 1.40 bits per heavy atom. The monoisotopic (exact) mass is 154 g/mol.